The Labute approximate surface area is 191 Å². The summed E-state index contributed by atoms with van der Waals surface area (Å²) in [5.41, 5.74) is 2.72. The maximum atomic E-state index is 13.2. The number of allylic oxidation sites excluding steroid dienone is 5. The number of nitrogens with zero attached hydrogens (tertiary/aromatic N) is 3. The number of hydrogen-bond donors (Lipinski definition) is 1. The maximum absolute atomic E-state index is 13.2. The van der Waals surface area contributed by atoms with Gasteiger partial charge < -0.3 is 14.7 Å². The fourth-order valence-electron chi connectivity index (χ4n) is 3.50. The van der Waals surface area contributed by atoms with E-state index in [9.17, 15) is 14.7 Å². The van der Waals surface area contributed by atoms with Crippen molar-refractivity contribution in [2.45, 2.75) is 6.92 Å². The van der Waals surface area contributed by atoms with E-state index in [4.69, 9.17) is 4.74 Å². The third-order valence-corrected chi connectivity index (χ3v) is 5.12. The highest BCUT2D eigenvalue weighted by atomic mass is 16.5. The zero-order chi connectivity index (χ0) is 23.5. The largest absolute Gasteiger partial charge is 0.476 e. The van der Waals surface area contributed by atoms with E-state index in [2.05, 4.69) is 5.10 Å². The lowest BCUT2D eigenvalue weighted by Crippen LogP contribution is -2.23. The Hall–Kier alpha value is -4.39. The van der Waals surface area contributed by atoms with Gasteiger partial charge in [-0.05, 0) is 60.6 Å². The number of ether oxygens (including phenoxy) is 1. The number of para-hydroxylation sites is 1. The van der Waals surface area contributed by atoms with Crippen molar-refractivity contribution in [3.8, 4) is 0 Å². The van der Waals surface area contributed by atoms with Gasteiger partial charge in [-0.3, -0.25) is 4.79 Å². The lowest BCUT2D eigenvalue weighted by molar-refractivity contribution is -0.129. The number of amides is 1. The molecule has 2 aromatic carbocycles. The average Bonchev–Trinajstić information content (AvgIpc) is 3.15. The molecule has 0 saturated carbocycles. The van der Waals surface area contributed by atoms with Gasteiger partial charge in [0.15, 0.2) is 5.71 Å². The summed E-state index contributed by atoms with van der Waals surface area (Å²) >= 11 is 0. The molecule has 0 atom stereocenters. The van der Waals surface area contributed by atoms with Crippen molar-refractivity contribution >= 4 is 35.0 Å². The van der Waals surface area contributed by atoms with Crippen LogP contribution in [-0.2, 0) is 14.3 Å². The van der Waals surface area contributed by atoms with Crippen LogP contribution in [0.25, 0.3) is 6.08 Å². The number of hydrazone groups is 1. The van der Waals surface area contributed by atoms with Crippen molar-refractivity contribution in [3.05, 3.63) is 101 Å². The van der Waals surface area contributed by atoms with E-state index in [1.807, 2.05) is 55.4 Å². The molecule has 2 aliphatic rings. The number of anilines is 2. The minimum absolute atomic E-state index is 0.0234. The van der Waals surface area contributed by atoms with E-state index in [0.717, 1.165) is 16.3 Å². The van der Waals surface area contributed by atoms with Gasteiger partial charge in [0.1, 0.15) is 11.5 Å². The van der Waals surface area contributed by atoms with Crippen molar-refractivity contribution in [1.29, 1.82) is 0 Å². The zero-order valence-electron chi connectivity index (χ0n) is 18.5. The summed E-state index contributed by atoms with van der Waals surface area (Å²) in [7, 11) is 3.96. The minimum atomic E-state index is -1.27. The quantitative estimate of drug-likeness (QED) is 0.697. The fourth-order valence-corrected chi connectivity index (χ4v) is 3.50. The molecule has 1 amide bonds. The number of carbonyl (C=O) groups excluding carboxylic acids is 1. The summed E-state index contributed by atoms with van der Waals surface area (Å²) in [5, 5.41) is 14.9. The van der Waals surface area contributed by atoms with Crippen LogP contribution < -0.4 is 9.91 Å². The number of carbonyl (C=O) groups is 2. The van der Waals surface area contributed by atoms with Crippen LogP contribution in [0, 0.1) is 0 Å². The molecule has 0 aliphatic carbocycles. The Bertz CT molecular complexity index is 1250. The van der Waals surface area contributed by atoms with Crippen LogP contribution in [0.1, 0.15) is 12.5 Å². The van der Waals surface area contributed by atoms with Crippen molar-refractivity contribution in [2.75, 3.05) is 24.0 Å². The van der Waals surface area contributed by atoms with Gasteiger partial charge in [-0.25, -0.2) is 4.79 Å². The van der Waals surface area contributed by atoms with E-state index >= 15 is 0 Å². The molecule has 0 radical (unpaired) electrons. The number of carboxylic acid groups (broad SMARTS) is 1. The van der Waals surface area contributed by atoms with Gasteiger partial charge in [0.25, 0.3) is 5.91 Å². The first-order chi connectivity index (χ1) is 15.8. The standard InChI is InChI=1S/C26H23N3O4/c1-17-15-19(16-22(33-17)14-11-18-9-12-20(13-10-18)28(2)3)23-24(26(31)32)27-29(25(23)30)21-7-5-4-6-8-21/h4-16H,1-3H3,(H,31,32)/b14-11+,23-19-. The average molecular weight is 441 g/mol. The lowest BCUT2D eigenvalue weighted by Gasteiger charge is -2.16. The third kappa shape index (κ3) is 4.62. The molecular weight excluding hydrogens is 418 g/mol. The first-order valence-corrected chi connectivity index (χ1v) is 10.3. The molecule has 4 rings (SSSR count). The summed E-state index contributed by atoms with van der Waals surface area (Å²) < 4.78 is 5.78. The molecule has 7 nitrogen and oxygen atoms in total. The molecule has 0 unspecified atom stereocenters. The Balaban J connectivity index is 1.69. The highest BCUT2D eigenvalue weighted by Crippen LogP contribution is 2.30. The number of hydrogen-bond acceptors (Lipinski definition) is 5. The molecule has 7 heteroatoms. The topological polar surface area (TPSA) is 82.4 Å². The molecule has 1 N–H and O–H groups in total. The SMILES string of the molecule is CC1=C/C(=C2/C(=O)N(c3ccccc3)N=C2C(=O)O)C=C(/C=C/c2ccc(N(C)C)cc2)O1. The van der Waals surface area contributed by atoms with Gasteiger partial charge in [0.05, 0.1) is 11.3 Å². The highest BCUT2D eigenvalue weighted by Gasteiger charge is 2.37. The highest BCUT2D eigenvalue weighted by molar-refractivity contribution is 6.53. The van der Waals surface area contributed by atoms with E-state index in [1.54, 1.807) is 49.4 Å². The molecule has 0 bridgehead atoms. The van der Waals surface area contributed by atoms with E-state index in [0.29, 0.717) is 22.8 Å². The summed E-state index contributed by atoms with van der Waals surface area (Å²) in [4.78, 5) is 27.1. The lowest BCUT2D eigenvalue weighted by atomic mass is 10.00. The van der Waals surface area contributed by atoms with Crippen LogP contribution >= 0.6 is 0 Å². The second-order valence-corrected chi connectivity index (χ2v) is 7.76. The van der Waals surface area contributed by atoms with Crippen LogP contribution in [0.15, 0.2) is 101 Å². The Morgan fingerprint density at radius 3 is 2.36 bits per heavy atom. The molecule has 2 aliphatic heterocycles. The van der Waals surface area contributed by atoms with Crippen molar-refractivity contribution in [3.63, 3.8) is 0 Å². The second kappa shape index (κ2) is 9.00. The van der Waals surface area contributed by atoms with Gasteiger partial charge in [-0.15, -0.1) is 0 Å². The van der Waals surface area contributed by atoms with Gasteiger partial charge >= 0.3 is 5.97 Å². The van der Waals surface area contributed by atoms with Gasteiger partial charge in [-0.2, -0.15) is 10.1 Å². The van der Waals surface area contributed by atoms with E-state index in [-0.39, 0.29) is 11.3 Å². The van der Waals surface area contributed by atoms with Crippen LogP contribution in [0.2, 0.25) is 0 Å². The van der Waals surface area contributed by atoms with E-state index in [1.165, 1.54) is 0 Å². The minimum Gasteiger partial charge on any atom is -0.476 e. The fraction of sp³-hybridized carbons (Fsp3) is 0.115. The predicted molar refractivity (Wildman–Crippen MR) is 129 cm³/mol. The van der Waals surface area contributed by atoms with Gasteiger partial charge in [0, 0.05) is 19.8 Å². The molecule has 33 heavy (non-hydrogen) atoms. The van der Waals surface area contributed by atoms with Crippen molar-refractivity contribution in [1.82, 2.24) is 0 Å². The van der Waals surface area contributed by atoms with Crippen LogP contribution in [-0.4, -0.2) is 36.8 Å². The molecule has 2 heterocycles. The predicted octanol–water partition coefficient (Wildman–Crippen LogP) is 4.37. The van der Waals surface area contributed by atoms with E-state index < -0.39 is 11.9 Å². The van der Waals surface area contributed by atoms with Gasteiger partial charge in [0.2, 0.25) is 0 Å². The smallest absolute Gasteiger partial charge is 0.357 e. The molecule has 0 spiro atoms. The molecule has 0 fully saturated rings. The zero-order valence-corrected chi connectivity index (χ0v) is 18.5. The first kappa shape index (κ1) is 21.8. The van der Waals surface area contributed by atoms with Crippen LogP contribution in [0.5, 0.6) is 0 Å². The number of aliphatic carboxylic acids is 1. The first-order valence-electron chi connectivity index (χ1n) is 10.3. The van der Waals surface area contributed by atoms with Gasteiger partial charge in [-0.1, -0.05) is 36.4 Å². The summed E-state index contributed by atoms with van der Waals surface area (Å²) in [5.74, 6) is -0.741. The summed E-state index contributed by atoms with van der Waals surface area (Å²) in [6.45, 7) is 1.75. The molecule has 166 valence electrons. The molecule has 0 saturated heterocycles. The monoisotopic (exact) mass is 441 g/mol. The number of benzene rings is 2. The maximum Gasteiger partial charge on any atom is 0.357 e. The van der Waals surface area contributed by atoms with Crippen LogP contribution in [0.4, 0.5) is 11.4 Å². The summed E-state index contributed by atoms with van der Waals surface area (Å²) in [6.07, 6.45) is 6.97. The Morgan fingerprint density at radius 2 is 1.73 bits per heavy atom. The normalized spacial score (nSPS) is 18.1. The van der Waals surface area contributed by atoms with Crippen molar-refractivity contribution in [2.24, 2.45) is 5.10 Å². The third-order valence-electron chi connectivity index (χ3n) is 5.12. The Morgan fingerprint density at radius 1 is 1.03 bits per heavy atom. The molecule has 0 aromatic heterocycles. The van der Waals surface area contributed by atoms with Crippen molar-refractivity contribution < 1.29 is 19.4 Å². The second-order valence-electron chi connectivity index (χ2n) is 7.76. The number of rotatable bonds is 5. The molecule has 2 aromatic rings. The summed E-state index contributed by atoms with van der Waals surface area (Å²) in [6, 6.07) is 16.7. The molecular formula is C26H23N3O4. The number of carboxylic acids is 1. The Kier molecular flexibility index (Phi) is 5.95. The van der Waals surface area contributed by atoms with Crippen LogP contribution in [0.3, 0.4) is 0 Å².